The van der Waals surface area contributed by atoms with Gasteiger partial charge >= 0.3 is 6.18 Å². The van der Waals surface area contributed by atoms with E-state index < -0.39 is 22.7 Å². The van der Waals surface area contributed by atoms with E-state index in [2.05, 4.69) is 5.32 Å². The van der Waals surface area contributed by atoms with Crippen molar-refractivity contribution in [1.29, 1.82) is 0 Å². The van der Waals surface area contributed by atoms with Crippen LogP contribution in [-0.4, -0.2) is 5.91 Å². The van der Waals surface area contributed by atoms with E-state index in [1.165, 1.54) is 18.2 Å². The molecular weight excluding hydrogens is 367 g/mol. The van der Waals surface area contributed by atoms with E-state index in [1.807, 2.05) is 19.1 Å². The van der Waals surface area contributed by atoms with Crippen molar-refractivity contribution in [2.75, 3.05) is 5.32 Å². The first-order valence-corrected chi connectivity index (χ1v) is 7.97. The summed E-state index contributed by atoms with van der Waals surface area (Å²) in [6.45, 7) is 1.92. The van der Waals surface area contributed by atoms with Gasteiger partial charge in [0.05, 0.1) is 10.6 Å². The maximum atomic E-state index is 13.0. The number of aryl methyl sites for hydroxylation is 1. The first-order chi connectivity index (χ1) is 12.2. The van der Waals surface area contributed by atoms with Gasteiger partial charge < -0.3 is 9.73 Å². The molecule has 1 N–H and O–H groups in total. The number of carbonyl (C=O) groups is 1. The van der Waals surface area contributed by atoms with Crippen molar-refractivity contribution in [3.05, 3.63) is 76.5 Å². The second kappa shape index (κ2) is 6.88. The van der Waals surface area contributed by atoms with Gasteiger partial charge in [-0.15, -0.1) is 0 Å². The van der Waals surface area contributed by atoms with E-state index in [0.717, 1.165) is 17.7 Å². The monoisotopic (exact) mass is 379 g/mol. The molecule has 1 amide bonds. The van der Waals surface area contributed by atoms with Crippen molar-refractivity contribution in [3.63, 3.8) is 0 Å². The lowest BCUT2D eigenvalue weighted by Crippen LogP contribution is -2.10. The molecule has 0 unspecified atom stereocenters. The van der Waals surface area contributed by atoms with Crippen LogP contribution in [0.25, 0.3) is 11.3 Å². The minimum Gasteiger partial charge on any atom is -0.451 e. The highest BCUT2D eigenvalue weighted by Gasteiger charge is 2.33. The first-order valence-electron chi connectivity index (χ1n) is 7.59. The van der Waals surface area contributed by atoms with Gasteiger partial charge in [-0.05, 0) is 49.4 Å². The van der Waals surface area contributed by atoms with E-state index in [-0.39, 0.29) is 17.1 Å². The van der Waals surface area contributed by atoms with E-state index in [1.54, 1.807) is 12.1 Å². The highest BCUT2D eigenvalue weighted by molar-refractivity contribution is 6.31. The first kappa shape index (κ1) is 18.1. The largest absolute Gasteiger partial charge is 0.451 e. The lowest BCUT2D eigenvalue weighted by atomic mass is 10.1. The number of carbonyl (C=O) groups excluding carboxylic acids is 1. The smallest absolute Gasteiger partial charge is 0.417 e. The average Bonchev–Trinajstić information content (AvgIpc) is 3.06. The fourth-order valence-electron chi connectivity index (χ4n) is 2.34. The zero-order chi connectivity index (χ0) is 18.9. The second-order valence-corrected chi connectivity index (χ2v) is 6.08. The number of hydrogen-bond donors (Lipinski definition) is 1. The number of amides is 1. The summed E-state index contributed by atoms with van der Waals surface area (Å²) in [4.78, 5) is 12.2. The molecule has 0 fully saturated rings. The maximum absolute atomic E-state index is 13.0. The summed E-state index contributed by atoms with van der Waals surface area (Å²) in [5, 5.41) is 2.26. The maximum Gasteiger partial charge on any atom is 0.417 e. The summed E-state index contributed by atoms with van der Waals surface area (Å²) in [5.41, 5.74) is 0.853. The molecule has 1 heterocycles. The SMILES string of the molecule is Cc1ccc(NC(=O)c2ccc(-c3ccc(Cl)c(C(F)(F)F)c3)o2)cc1. The van der Waals surface area contributed by atoms with E-state index in [9.17, 15) is 18.0 Å². The van der Waals surface area contributed by atoms with Gasteiger partial charge in [-0.25, -0.2) is 0 Å². The summed E-state index contributed by atoms with van der Waals surface area (Å²) in [6.07, 6.45) is -4.58. The van der Waals surface area contributed by atoms with Crippen molar-refractivity contribution >= 4 is 23.2 Å². The third-order valence-corrected chi connectivity index (χ3v) is 4.03. The molecule has 7 heteroatoms. The number of benzene rings is 2. The summed E-state index contributed by atoms with van der Waals surface area (Å²) in [5.74, 6) is -0.365. The lowest BCUT2D eigenvalue weighted by Gasteiger charge is -2.10. The van der Waals surface area contributed by atoms with Crippen LogP contribution in [0.15, 0.2) is 59.0 Å². The molecule has 0 radical (unpaired) electrons. The van der Waals surface area contributed by atoms with Crippen LogP contribution in [0.2, 0.25) is 5.02 Å². The minimum absolute atomic E-state index is 0.0101. The Kier molecular flexibility index (Phi) is 4.78. The van der Waals surface area contributed by atoms with Gasteiger partial charge in [0.15, 0.2) is 5.76 Å². The summed E-state index contributed by atoms with van der Waals surface area (Å²) in [7, 11) is 0. The number of halogens is 4. The molecule has 0 aliphatic carbocycles. The molecule has 0 atom stereocenters. The normalized spacial score (nSPS) is 11.4. The van der Waals surface area contributed by atoms with Gasteiger partial charge in [0.1, 0.15) is 5.76 Å². The standard InChI is InChI=1S/C19H13ClF3NO2/c1-11-2-5-13(6-3-11)24-18(25)17-9-8-16(26-17)12-4-7-15(20)14(10-12)19(21,22)23/h2-10H,1H3,(H,24,25). The number of hydrogen-bond acceptors (Lipinski definition) is 2. The highest BCUT2D eigenvalue weighted by Crippen LogP contribution is 2.37. The molecule has 3 nitrogen and oxygen atoms in total. The van der Waals surface area contributed by atoms with E-state index in [4.69, 9.17) is 16.0 Å². The molecule has 0 bridgehead atoms. The summed E-state index contributed by atoms with van der Waals surface area (Å²) < 4.78 is 44.3. The Morgan fingerprint density at radius 3 is 2.38 bits per heavy atom. The fourth-order valence-corrected chi connectivity index (χ4v) is 2.57. The Hall–Kier alpha value is -2.73. The average molecular weight is 380 g/mol. The van der Waals surface area contributed by atoms with Gasteiger partial charge in [-0.2, -0.15) is 13.2 Å². The van der Waals surface area contributed by atoms with Crippen molar-refractivity contribution in [3.8, 4) is 11.3 Å². The third kappa shape index (κ3) is 3.91. The molecule has 0 spiro atoms. The molecule has 3 aromatic rings. The topological polar surface area (TPSA) is 42.2 Å². The lowest BCUT2D eigenvalue weighted by molar-refractivity contribution is -0.137. The Balaban J connectivity index is 1.83. The van der Waals surface area contributed by atoms with Crippen molar-refractivity contribution in [2.45, 2.75) is 13.1 Å². The van der Waals surface area contributed by atoms with Crippen molar-refractivity contribution in [2.24, 2.45) is 0 Å². The van der Waals surface area contributed by atoms with Gasteiger partial charge in [-0.3, -0.25) is 4.79 Å². The quantitative estimate of drug-likeness (QED) is 0.590. The van der Waals surface area contributed by atoms with Crippen LogP contribution in [0.4, 0.5) is 18.9 Å². The molecule has 134 valence electrons. The van der Waals surface area contributed by atoms with Crippen LogP contribution in [-0.2, 0) is 6.18 Å². The van der Waals surface area contributed by atoms with Crippen LogP contribution in [0.5, 0.6) is 0 Å². The number of anilines is 1. The minimum atomic E-state index is -4.58. The van der Waals surface area contributed by atoms with Crippen LogP contribution in [0.3, 0.4) is 0 Å². The summed E-state index contributed by atoms with van der Waals surface area (Å²) >= 11 is 5.61. The van der Waals surface area contributed by atoms with Crippen LogP contribution >= 0.6 is 11.6 Å². The molecule has 0 saturated carbocycles. The number of rotatable bonds is 3. The molecule has 2 aromatic carbocycles. The van der Waals surface area contributed by atoms with Gasteiger partial charge in [0.2, 0.25) is 0 Å². The number of nitrogens with one attached hydrogen (secondary N) is 1. The van der Waals surface area contributed by atoms with Gasteiger partial charge in [0.25, 0.3) is 5.91 Å². The zero-order valence-corrected chi connectivity index (χ0v) is 14.3. The van der Waals surface area contributed by atoms with Crippen molar-refractivity contribution < 1.29 is 22.4 Å². The second-order valence-electron chi connectivity index (χ2n) is 5.68. The van der Waals surface area contributed by atoms with Crippen LogP contribution < -0.4 is 5.32 Å². The predicted octanol–water partition coefficient (Wildman–Crippen LogP) is 6.18. The van der Waals surface area contributed by atoms with Gasteiger partial charge in [-0.1, -0.05) is 29.3 Å². The molecule has 1 aromatic heterocycles. The Morgan fingerprint density at radius 1 is 1.04 bits per heavy atom. The fraction of sp³-hybridized carbons (Fsp3) is 0.105. The molecule has 26 heavy (non-hydrogen) atoms. The Bertz CT molecular complexity index is 946. The number of furan rings is 1. The molecular formula is C19H13ClF3NO2. The molecule has 0 aliphatic rings. The predicted molar refractivity (Wildman–Crippen MR) is 93.3 cm³/mol. The molecule has 0 saturated heterocycles. The highest BCUT2D eigenvalue weighted by atomic mass is 35.5. The Labute approximate surface area is 152 Å². The molecule has 3 rings (SSSR count). The Morgan fingerprint density at radius 2 is 1.73 bits per heavy atom. The van der Waals surface area contributed by atoms with E-state index in [0.29, 0.717) is 5.69 Å². The number of alkyl halides is 3. The van der Waals surface area contributed by atoms with Gasteiger partial charge in [0, 0.05) is 11.3 Å². The summed E-state index contributed by atoms with van der Waals surface area (Å²) in [6, 6.07) is 13.5. The van der Waals surface area contributed by atoms with E-state index >= 15 is 0 Å². The third-order valence-electron chi connectivity index (χ3n) is 3.70. The van der Waals surface area contributed by atoms with Crippen LogP contribution in [0, 0.1) is 6.92 Å². The van der Waals surface area contributed by atoms with Crippen molar-refractivity contribution in [1.82, 2.24) is 0 Å². The molecule has 0 aliphatic heterocycles. The zero-order valence-electron chi connectivity index (χ0n) is 13.5. The van der Waals surface area contributed by atoms with Crippen LogP contribution in [0.1, 0.15) is 21.7 Å².